The second kappa shape index (κ2) is 7.84. The van der Waals surface area contributed by atoms with E-state index in [1.165, 1.54) is 50.5 Å². The van der Waals surface area contributed by atoms with Crippen LogP contribution in [0.5, 0.6) is 0 Å². The largest absolute Gasteiger partial charge is 0.126 e. The summed E-state index contributed by atoms with van der Waals surface area (Å²) >= 11 is 9.87. The zero-order chi connectivity index (χ0) is 14.4. The Labute approximate surface area is 137 Å². The normalized spacial score (nSPS) is 26.6. The molecular weight excluding hydrogens is 332 g/mol. The summed E-state index contributed by atoms with van der Waals surface area (Å²) in [4.78, 5) is 0. The van der Waals surface area contributed by atoms with Gasteiger partial charge in [-0.1, -0.05) is 54.2 Å². The molecule has 1 fully saturated rings. The molecule has 0 bridgehead atoms. The molecule has 1 aromatic rings. The van der Waals surface area contributed by atoms with Crippen LogP contribution in [0.25, 0.3) is 0 Å². The highest BCUT2D eigenvalue weighted by molar-refractivity contribution is 9.10. The second-order valence-electron chi connectivity index (χ2n) is 6.52. The third kappa shape index (κ3) is 4.49. The van der Waals surface area contributed by atoms with Crippen molar-refractivity contribution in [3.8, 4) is 0 Å². The number of unbranched alkanes of at least 4 members (excludes halogenated alkanes) is 1. The van der Waals surface area contributed by atoms with Gasteiger partial charge in [0.25, 0.3) is 0 Å². The van der Waals surface area contributed by atoms with E-state index in [1.54, 1.807) is 0 Å². The summed E-state index contributed by atoms with van der Waals surface area (Å²) in [6.45, 7) is 2.29. The first-order valence-corrected chi connectivity index (χ1v) is 9.30. The molecule has 112 valence electrons. The number of halogens is 2. The van der Waals surface area contributed by atoms with E-state index < -0.39 is 0 Å². The van der Waals surface area contributed by atoms with Crippen molar-refractivity contribution in [1.82, 2.24) is 0 Å². The maximum Gasteiger partial charge on any atom is 0.0283 e. The van der Waals surface area contributed by atoms with E-state index in [4.69, 9.17) is 11.6 Å². The van der Waals surface area contributed by atoms with Gasteiger partial charge < -0.3 is 0 Å². The van der Waals surface area contributed by atoms with E-state index >= 15 is 0 Å². The minimum Gasteiger partial charge on any atom is -0.126 e. The molecule has 0 unspecified atom stereocenters. The Morgan fingerprint density at radius 3 is 2.40 bits per heavy atom. The van der Waals surface area contributed by atoms with Crippen molar-refractivity contribution in [2.45, 2.75) is 58.3 Å². The van der Waals surface area contributed by atoms with Crippen LogP contribution in [0.15, 0.2) is 28.7 Å². The van der Waals surface area contributed by atoms with Crippen LogP contribution >= 0.6 is 27.5 Å². The molecule has 0 amide bonds. The van der Waals surface area contributed by atoms with Gasteiger partial charge in [-0.05, 0) is 61.1 Å². The molecule has 1 aliphatic rings. The quantitative estimate of drug-likeness (QED) is 0.503. The molecule has 0 atom stereocenters. The van der Waals surface area contributed by atoms with Gasteiger partial charge in [-0.15, -0.1) is 11.6 Å². The topological polar surface area (TPSA) is 0 Å². The minimum absolute atomic E-state index is 0.345. The average Bonchev–Trinajstić information content (AvgIpc) is 2.49. The summed E-state index contributed by atoms with van der Waals surface area (Å²) in [5.74, 6) is 1.76. The summed E-state index contributed by atoms with van der Waals surface area (Å²) in [7, 11) is 0. The van der Waals surface area contributed by atoms with Crippen molar-refractivity contribution in [1.29, 1.82) is 0 Å². The lowest BCUT2D eigenvalue weighted by molar-refractivity contribution is 0.166. The van der Waals surface area contributed by atoms with Crippen molar-refractivity contribution in [3.05, 3.63) is 34.3 Å². The van der Waals surface area contributed by atoms with Crippen molar-refractivity contribution in [2.24, 2.45) is 11.3 Å². The molecule has 0 N–H and O–H groups in total. The van der Waals surface area contributed by atoms with E-state index in [1.807, 2.05) is 0 Å². The second-order valence-corrected chi connectivity index (χ2v) is 7.71. The van der Waals surface area contributed by atoms with Gasteiger partial charge in [-0.25, -0.2) is 0 Å². The summed E-state index contributed by atoms with van der Waals surface area (Å²) in [5, 5.41) is 0. The van der Waals surface area contributed by atoms with Gasteiger partial charge in [0.2, 0.25) is 0 Å². The molecule has 0 aromatic heterocycles. The molecule has 0 heterocycles. The van der Waals surface area contributed by atoms with E-state index in [2.05, 4.69) is 47.1 Å². The van der Waals surface area contributed by atoms with Crippen LogP contribution in [0.3, 0.4) is 0 Å². The van der Waals surface area contributed by atoms with E-state index in [-0.39, 0.29) is 0 Å². The van der Waals surface area contributed by atoms with Crippen LogP contribution in [-0.4, -0.2) is 5.88 Å². The monoisotopic (exact) mass is 356 g/mol. The van der Waals surface area contributed by atoms with E-state index in [0.29, 0.717) is 5.41 Å². The number of alkyl halides is 1. The highest BCUT2D eigenvalue weighted by Crippen LogP contribution is 2.43. The molecular formula is C18H26BrCl. The smallest absolute Gasteiger partial charge is 0.0283 e. The Balaban J connectivity index is 1.92. The molecule has 0 nitrogen and oxygen atoms in total. The molecule has 20 heavy (non-hydrogen) atoms. The molecule has 0 radical (unpaired) electrons. The molecule has 0 saturated heterocycles. The fourth-order valence-electron chi connectivity index (χ4n) is 3.46. The maximum absolute atomic E-state index is 6.36. The lowest BCUT2D eigenvalue weighted by Crippen LogP contribution is -2.31. The first kappa shape index (κ1) is 16.4. The standard InChI is InChI=1S/C18H26BrCl/c1-2-3-4-15-9-11-18(14-20,12-10-15)13-16-5-7-17(19)8-6-16/h5-8,15H,2-4,9-14H2,1H3. The van der Waals surface area contributed by atoms with E-state index in [9.17, 15) is 0 Å². The van der Waals surface area contributed by atoms with Gasteiger partial charge in [0.05, 0.1) is 0 Å². The fourth-order valence-corrected chi connectivity index (χ4v) is 4.09. The maximum atomic E-state index is 6.36. The number of hydrogen-bond donors (Lipinski definition) is 0. The van der Waals surface area contributed by atoms with Crippen LogP contribution in [0.1, 0.15) is 57.4 Å². The van der Waals surface area contributed by atoms with E-state index in [0.717, 1.165) is 22.7 Å². The first-order chi connectivity index (χ1) is 9.67. The molecule has 0 aliphatic heterocycles. The first-order valence-electron chi connectivity index (χ1n) is 7.98. The summed E-state index contributed by atoms with van der Waals surface area (Å²) < 4.78 is 1.16. The van der Waals surface area contributed by atoms with Crippen LogP contribution in [0.4, 0.5) is 0 Å². The third-order valence-corrected chi connectivity index (χ3v) is 6.00. The highest BCUT2D eigenvalue weighted by Gasteiger charge is 2.34. The Morgan fingerprint density at radius 2 is 1.85 bits per heavy atom. The molecule has 2 heteroatoms. The van der Waals surface area contributed by atoms with Crippen LogP contribution in [0.2, 0.25) is 0 Å². The predicted octanol–water partition coefficient (Wildman–Crippen LogP) is 6.60. The SMILES string of the molecule is CCCCC1CCC(CCl)(Cc2ccc(Br)cc2)CC1. The zero-order valence-electron chi connectivity index (χ0n) is 12.5. The summed E-state index contributed by atoms with van der Waals surface area (Å²) in [5.41, 5.74) is 1.78. The van der Waals surface area contributed by atoms with Gasteiger partial charge in [-0.2, -0.15) is 0 Å². The van der Waals surface area contributed by atoms with Crippen molar-refractivity contribution in [2.75, 3.05) is 5.88 Å². The van der Waals surface area contributed by atoms with Crippen LogP contribution in [0, 0.1) is 11.3 Å². The lowest BCUT2D eigenvalue weighted by atomic mass is 9.68. The molecule has 1 saturated carbocycles. The van der Waals surface area contributed by atoms with Crippen LogP contribution in [-0.2, 0) is 6.42 Å². The van der Waals surface area contributed by atoms with Gasteiger partial charge in [-0.3, -0.25) is 0 Å². The van der Waals surface area contributed by atoms with Gasteiger partial charge in [0, 0.05) is 10.4 Å². The van der Waals surface area contributed by atoms with Crippen LogP contribution < -0.4 is 0 Å². The number of benzene rings is 1. The summed E-state index contributed by atoms with van der Waals surface area (Å²) in [6.07, 6.45) is 10.7. The predicted molar refractivity (Wildman–Crippen MR) is 92.5 cm³/mol. The molecule has 2 rings (SSSR count). The summed E-state index contributed by atoms with van der Waals surface area (Å²) in [6, 6.07) is 8.76. The Bertz CT molecular complexity index is 390. The third-order valence-electron chi connectivity index (χ3n) is 4.91. The lowest BCUT2D eigenvalue weighted by Gasteiger charge is -2.39. The molecule has 1 aromatic carbocycles. The fraction of sp³-hybridized carbons (Fsp3) is 0.667. The van der Waals surface area contributed by atoms with Gasteiger partial charge >= 0.3 is 0 Å². The molecule has 0 spiro atoms. The minimum atomic E-state index is 0.345. The van der Waals surface area contributed by atoms with Gasteiger partial charge in [0.15, 0.2) is 0 Å². The van der Waals surface area contributed by atoms with Crippen molar-refractivity contribution < 1.29 is 0 Å². The van der Waals surface area contributed by atoms with Crippen molar-refractivity contribution in [3.63, 3.8) is 0 Å². The van der Waals surface area contributed by atoms with Gasteiger partial charge in [0.1, 0.15) is 0 Å². The zero-order valence-corrected chi connectivity index (χ0v) is 14.8. The molecule has 1 aliphatic carbocycles. The number of rotatable bonds is 6. The Morgan fingerprint density at radius 1 is 1.20 bits per heavy atom. The average molecular weight is 358 g/mol. The Hall–Kier alpha value is -0.0100. The number of hydrogen-bond acceptors (Lipinski definition) is 0. The highest BCUT2D eigenvalue weighted by atomic mass is 79.9. The Kier molecular flexibility index (Phi) is 6.42. The van der Waals surface area contributed by atoms with Crippen molar-refractivity contribution >= 4 is 27.5 Å².